The summed E-state index contributed by atoms with van der Waals surface area (Å²) in [4.78, 5) is 14.2. The van der Waals surface area contributed by atoms with Crippen LogP contribution in [0, 0.1) is 10.7 Å². The number of rotatable bonds is 4. The van der Waals surface area contributed by atoms with E-state index in [4.69, 9.17) is 12.2 Å². The normalized spacial score (nSPS) is 15.4. The highest BCUT2D eigenvalue weighted by molar-refractivity contribution is 7.71. The topological polar surface area (TPSA) is 49.8 Å². The minimum atomic E-state index is 0.187. The lowest BCUT2D eigenvalue weighted by Gasteiger charge is -2.04. The molecule has 1 aliphatic rings. The molecule has 1 amide bonds. The minimum absolute atomic E-state index is 0.187. The van der Waals surface area contributed by atoms with E-state index in [1.165, 1.54) is 0 Å². The number of carbonyl (C=O) groups is 1. The molecule has 0 aromatic carbocycles. The number of amides is 1. The first-order chi connectivity index (χ1) is 6.77. The van der Waals surface area contributed by atoms with Crippen molar-refractivity contribution in [2.24, 2.45) is 5.92 Å². The van der Waals surface area contributed by atoms with Gasteiger partial charge in [0, 0.05) is 31.4 Å². The Morgan fingerprint density at radius 3 is 3.07 bits per heavy atom. The zero-order valence-electron chi connectivity index (χ0n) is 7.82. The fourth-order valence-electron chi connectivity index (χ4n) is 1.31. The Hall–Kier alpha value is -1.10. The van der Waals surface area contributed by atoms with Gasteiger partial charge in [0.15, 0.2) is 4.77 Å². The molecule has 1 fully saturated rings. The van der Waals surface area contributed by atoms with E-state index in [-0.39, 0.29) is 11.8 Å². The fraction of sp³-hybridized carbons (Fsp3) is 0.556. The zero-order chi connectivity index (χ0) is 9.97. The van der Waals surface area contributed by atoms with Gasteiger partial charge in [0.05, 0.1) is 0 Å². The summed E-state index contributed by atoms with van der Waals surface area (Å²) >= 11 is 5.02. The molecule has 2 N–H and O–H groups in total. The molecule has 2 rings (SSSR count). The van der Waals surface area contributed by atoms with Gasteiger partial charge >= 0.3 is 0 Å². The van der Waals surface area contributed by atoms with Crippen LogP contribution >= 0.6 is 12.2 Å². The third-order valence-electron chi connectivity index (χ3n) is 2.32. The molecule has 1 heterocycles. The number of hydrogen-bond acceptors (Lipinski definition) is 2. The first kappa shape index (κ1) is 9.45. The van der Waals surface area contributed by atoms with Gasteiger partial charge in [0.25, 0.3) is 0 Å². The third kappa shape index (κ3) is 2.23. The second-order valence-electron chi connectivity index (χ2n) is 3.52. The predicted octanol–water partition coefficient (Wildman–Crippen LogP) is 1.07. The van der Waals surface area contributed by atoms with Gasteiger partial charge in [-0.15, -0.1) is 0 Å². The van der Waals surface area contributed by atoms with E-state index in [1.54, 1.807) is 6.20 Å². The molecule has 1 aromatic rings. The molecule has 0 spiro atoms. The lowest BCUT2D eigenvalue weighted by Crippen LogP contribution is -2.28. The monoisotopic (exact) mass is 211 g/mol. The van der Waals surface area contributed by atoms with Crippen LogP contribution in [-0.2, 0) is 11.3 Å². The van der Waals surface area contributed by atoms with E-state index in [9.17, 15) is 4.79 Å². The smallest absolute Gasteiger partial charge is 0.223 e. The average Bonchev–Trinajstić information content (AvgIpc) is 2.93. The Morgan fingerprint density at radius 1 is 1.71 bits per heavy atom. The molecule has 0 atom stereocenters. The number of nitrogens with zero attached hydrogens (tertiary/aromatic N) is 1. The van der Waals surface area contributed by atoms with Crippen molar-refractivity contribution in [1.29, 1.82) is 0 Å². The fourth-order valence-corrected chi connectivity index (χ4v) is 1.53. The highest BCUT2D eigenvalue weighted by atomic mass is 32.1. The van der Waals surface area contributed by atoms with Crippen molar-refractivity contribution in [3.8, 4) is 0 Å². The first-order valence-corrected chi connectivity index (χ1v) is 5.20. The van der Waals surface area contributed by atoms with Crippen LogP contribution in [0.4, 0.5) is 0 Å². The molecule has 1 saturated carbocycles. The molecule has 1 aromatic heterocycles. The molecule has 5 heteroatoms. The van der Waals surface area contributed by atoms with Crippen molar-refractivity contribution in [2.45, 2.75) is 19.4 Å². The van der Waals surface area contributed by atoms with Crippen molar-refractivity contribution < 1.29 is 4.79 Å². The molecule has 14 heavy (non-hydrogen) atoms. The van der Waals surface area contributed by atoms with Crippen LogP contribution < -0.4 is 5.32 Å². The van der Waals surface area contributed by atoms with Gasteiger partial charge in [-0.25, -0.2) is 0 Å². The standard InChI is InChI=1S/C9H13N3OS/c13-8(7-1-2-7)10-3-5-12-6-4-11-9(12)14/h4,6-7H,1-3,5H2,(H,10,13)(H,11,14). The number of aromatic amines is 1. The number of H-pyrrole nitrogens is 1. The van der Waals surface area contributed by atoms with Gasteiger partial charge in [-0.2, -0.15) is 0 Å². The van der Waals surface area contributed by atoms with E-state index in [1.807, 2.05) is 10.8 Å². The van der Waals surface area contributed by atoms with Gasteiger partial charge in [-0.1, -0.05) is 0 Å². The van der Waals surface area contributed by atoms with Crippen molar-refractivity contribution >= 4 is 18.1 Å². The van der Waals surface area contributed by atoms with Crippen molar-refractivity contribution in [3.63, 3.8) is 0 Å². The largest absolute Gasteiger partial charge is 0.354 e. The Bertz CT molecular complexity index is 377. The molecule has 0 saturated heterocycles. The summed E-state index contributed by atoms with van der Waals surface area (Å²) in [6.45, 7) is 1.39. The van der Waals surface area contributed by atoms with Gasteiger partial charge < -0.3 is 14.9 Å². The molecular weight excluding hydrogens is 198 g/mol. The summed E-state index contributed by atoms with van der Waals surface area (Å²) in [5.74, 6) is 0.473. The Labute approximate surface area is 87.3 Å². The van der Waals surface area contributed by atoms with Crippen LogP contribution in [0.15, 0.2) is 12.4 Å². The maximum absolute atomic E-state index is 11.3. The van der Waals surface area contributed by atoms with Gasteiger partial charge in [0.2, 0.25) is 5.91 Å². The molecule has 1 aliphatic carbocycles. The van der Waals surface area contributed by atoms with Gasteiger partial charge in [-0.05, 0) is 25.1 Å². The minimum Gasteiger partial charge on any atom is -0.354 e. The quantitative estimate of drug-likeness (QED) is 0.732. The first-order valence-electron chi connectivity index (χ1n) is 4.79. The van der Waals surface area contributed by atoms with Crippen molar-refractivity contribution in [3.05, 3.63) is 17.2 Å². The summed E-state index contributed by atoms with van der Waals surface area (Å²) in [5, 5.41) is 2.89. The van der Waals surface area contributed by atoms with E-state index in [0.29, 0.717) is 11.3 Å². The van der Waals surface area contributed by atoms with Crippen LogP contribution in [0.1, 0.15) is 12.8 Å². The second kappa shape index (κ2) is 3.96. The SMILES string of the molecule is O=C(NCCn1cc[nH]c1=S)C1CC1. The molecule has 4 nitrogen and oxygen atoms in total. The maximum Gasteiger partial charge on any atom is 0.223 e. The Morgan fingerprint density at radius 2 is 2.50 bits per heavy atom. The number of imidazole rings is 1. The summed E-state index contributed by atoms with van der Waals surface area (Å²) in [6.07, 6.45) is 5.78. The number of aromatic nitrogens is 2. The molecule has 0 radical (unpaired) electrons. The number of nitrogens with one attached hydrogen (secondary N) is 2. The molecule has 0 unspecified atom stereocenters. The lowest BCUT2D eigenvalue weighted by atomic mass is 10.4. The van der Waals surface area contributed by atoms with Crippen LogP contribution in [0.25, 0.3) is 0 Å². The molecule has 76 valence electrons. The van der Waals surface area contributed by atoms with Gasteiger partial charge in [-0.3, -0.25) is 4.79 Å². The summed E-state index contributed by atoms with van der Waals surface area (Å²) in [5.41, 5.74) is 0. The van der Waals surface area contributed by atoms with E-state index < -0.39 is 0 Å². The zero-order valence-corrected chi connectivity index (χ0v) is 8.64. The lowest BCUT2D eigenvalue weighted by molar-refractivity contribution is -0.122. The van der Waals surface area contributed by atoms with E-state index in [0.717, 1.165) is 19.4 Å². The van der Waals surface area contributed by atoms with E-state index in [2.05, 4.69) is 10.3 Å². The summed E-state index contributed by atoms with van der Waals surface area (Å²) in [6, 6.07) is 0. The highest BCUT2D eigenvalue weighted by Crippen LogP contribution is 2.28. The Kier molecular flexibility index (Phi) is 2.67. The van der Waals surface area contributed by atoms with Crippen molar-refractivity contribution in [2.75, 3.05) is 6.54 Å². The van der Waals surface area contributed by atoms with Crippen LogP contribution in [-0.4, -0.2) is 22.0 Å². The summed E-state index contributed by atoms with van der Waals surface area (Å²) < 4.78 is 2.60. The predicted molar refractivity (Wildman–Crippen MR) is 55.4 cm³/mol. The number of hydrogen-bond donors (Lipinski definition) is 2. The van der Waals surface area contributed by atoms with E-state index >= 15 is 0 Å². The van der Waals surface area contributed by atoms with Crippen LogP contribution in [0.3, 0.4) is 0 Å². The summed E-state index contributed by atoms with van der Waals surface area (Å²) in [7, 11) is 0. The van der Waals surface area contributed by atoms with Crippen molar-refractivity contribution in [1.82, 2.24) is 14.9 Å². The second-order valence-corrected chi connectivity index (χ2v) is 3.91. The average molecular weight is 211 g/mol. The van der Waals surface area contributed by atoms with Gasteiger partial charge in [0.1, 0.15) is 0 Å². The molecule has 0 aliphatic heterocycles. The molecular formula is C9H13N3OS. The molecule has 0 bridgehead atoms. The maximum atomic E-state index is 11.3. The number of carbonyl (C=O) groups excluding carboxylic acids is 1. The third-order valence-corrected chi connectivity index (χ3v) is 2.67. The highest BCUT2D eigenvalue weighted by Gasteiger charge is 2.28. The van der Waals surface area contributed by atoms with Crippen LogP contribution in [0.5, 0.6) is 0 Å². The van der Waals surface area contributed by atoms with Crippen LogP contribution in [0.2, 0.25) is 0 Å². The Balaban J connectivity index is 1.75.